The Kier molecular flexibility index (Phi) is 12.9. The van der Waals surface area contributed by atoms with Crippen LogP contribution in [0, 0.1) is 17.7 Å². The van der Waals surface area contributed by atoms with Gasteiger partial charge in [0, 0.05) is 30.6 Å². The van der Waals surface area contributed by atoms with Crippen molar-refractivity contribution in [3.8, 4) is 0 Å². The number of para-hydroxylation sites is 1. The molecule has 0 saturated carbocycles. The maximum Gasteiger partial charge on any atom is 0.418 e. The third-order valence-corrected chi connectivity index (χ3v) is 10.6. The predicted octanol–water partition coefficient (Wildman–Crippen LogP) is 4.17. The number of carbonyl (C=O) groups is 4. The van der Waals surface area contributed by atoms with Crippen molar-refractivity contribution in [1.82, 2.24) is 46.5 Å². The molecule has 5 N–H and O–H groups in total. The maximum atomic E-state index is 14.7. The first kappa shape index (κ1) is 40.8. The first-order valence-corrected chi connectivity index (χ1v) is 18.5. The highest BCUT2D eigenvalue weighted by Crippen LogP contribution is 2.40. The number of benzene rings is 2. The molecular weight excluding hydrogens is 722 g/mol. The van der Waals surface area contributed by atoms with Gasteiger partial charge in [0.2, 0.25) is 23.6 Å². The average Bonchev–Trinajstić information content (AvgIpc) is 3.82. The van der Waals surface area contributed by atoms with Crippen LogP contribution >= 0.6 is 0 Å². The van der Waals surface area contributed by atoms with Gasteiger partial charge in [-0.1, -0.05) is 70.9 Å². The molecule has 55 heavy (non-hydrogen) atoms. The molecule has 17 heteroatoms. The van der Waals surface area contributed by atoms with E-state index in [4.69, 9.17) is 0 Å². The number of rotatable bonds is 16. The summed E-state index contributed by atoms with van der Waals surface area (Å²) in [6.07, 6.45) is -2.19. The Morgan fingerprint density at radius 1 is 0.964 bits per heavy atom. The van der Waals surface area contributed by atoms with E-state index in [1.54, 1.807) is 19.9 Å². The van der Waals surface area contributed by atoms with Crippen LogP contribution in [0.3, 0.4) is 0 Å². The number of hydrogen-bond acceptors (Lipinski definition) is 7. The highest BCUT2D eigenvalue weighted by atomic mass is 19.4. The van der Waals surface area contributed by atoms with Crippen LogP contribution in [0.1, 0.15) is 75.8 Å². The Morgan fingerprint density at radius 3 is 2.33 bits per heavy atom. The summed E-state index contributed by atoms with van der Waals surface area (Å²) >= 11 is 0. The quantitative estimate of drug-likeness (QED) is 0.0840. The molecule has 2 heterocycles. The molecule has 4 aromatic rings. The van der Waals surface area contributed by atoms with E-state index in [0.717, 1.165) is 6.07 Å². The molecule has 1 aliphatic rings. The van der Waals surface area contributed by atoms with Gasteiger partial charge in [0.05, 0.1) is 17.5 Å². The number of tetrazole rings is 1. The average molecular weight is 770 g/mol. The van der Waals surface area contributed by atoms with Crippen LogP contribution in [0.5, 0.6) is 0 Å². The van der Waals surface area contributed by atoms with E-state index in [1.165, 1.54) is 41.3 Å². The second-order valence-electron chi connectivity index (χ2n) is 14.3. The number of aromatic amines is 1. The van der Waals surface area contributed by atoms with Crippen LogP contribution in [0.15, 0.2) is 48.8 Å². The van der Waals surface area contributed by atoms with Gasteiger partial charge in [-0.2, -0.15) is 13.2 Å². The van der Waals surface area contributed by atoms with Crippen LogP contribution < -0.4 is 21.3 Å². The number of nitrogens with zero attached hydrogens (tertiary/aromatic N) is 4. The Hall–Kier alpha value is -5.35. The zero-order valence-corrected chi connectivity index (χ0v) is 31.2. The third-order valence-electron chi connectivity index (χ3n) is 10.6. The van der Waals surface area contributed by atoms with Gasteiger partial charge in [0.15, 0.2) is 0 Å². The van der Waals surface area contributed by atoms with Crippen molar-refractivity contribution in [2.45, 2.75) is 103 Å². The molecule has 0 saturated heterocycles. The first-order valence-electron chi connectivity index (χ1n) is 18.5. The molecule has 5 rings (SSSR count). The second kappa shape index (κ2) is 17.4. The number of aromatic nitrogens is 5. The molecule has 0 aliphatic heterocycles. The van der Waals surface area contributed by atoms with Crippen LogP contribution in [-0.2, 0) is 51.2 Å². The number of hydrogen-bond donors (Lipinski definition) is 5. The van der Waals surface area contributed by atoms with E-state index in [2.05, 4.69) is 41.8 Å². The van der Waals surface area contributed by atoms with E-state index < -0.39 is 64.7 Å². The molecule has 0 radical (unpaired) electrons. The summed E-state index contributed by atoms with van der Waals surface area (Å²) in [6.45, 7) is 7.95. The molecule has 0 spiro atoms. The molecule has 0 fully saturated rings. The fourth-order valence-corrected chi connectivity index (χ4v) is 6.95. The number of H-pyrrole nitrogens is 1. The second-order valence-corrected chi connectivity index (χ2v) is 14.3. The molecule has 2 unspecified atom stereocenters. The largest absolute Gasteiger partial charge is 0.418 e. The van der Waals surface area contributed by atoms with Crippen molar-refractivity contribution in [3.63, 3.8) is 0 Å². The van der Waals surface area contributed by atoms with Gasteiger partial charge >= 0.3 is 6.18 Å². The Bertz CT molecular complexity index is 1980. The molecular formula is C38H47F4N9O4. The highest BCUT2D eigenvalue weighted by molar-refractivity contribution is 5.98. The summed E-state index contributed by atoms with van der Waals surface area (Å²) in [6, 6.07) is 7.42. The zero-order valence-electron chi connectivity index (χ0n) is 31.2. The van der Waals surface area contributed by atoms with Gasteiger partial charge in [-0.05, 0) is 64.8 Å². The van der Waals surface area contributed by atoms with Crippen molar-refractivity contribution in [1.29, 1.82) is 0 Å². The van der Waals surface area contributed by atoms with E-state index in [9.17, 15) is 36.7 Å². The van der Waals surface area contributed by atoms with Gasteiger partial charge in [0.25, 0.3) is 0 Å². The van der Waals surface area contributed by atoms with Crippen molar-refractivity contribution in [2.75, 3.05) is 6.54 Å². The standard InChI is InChI=1S/C38H47F4N9O4/c1-5-22(3)31(34(53)43-17-10-18-51-21-44-49-50-51)47-36(55)37(16-15-29-26(20-37)25-12-9-13-27(33(25)45-29)38(40,41)42)48-35(54)32(23(4)6-2)46-30(52)19-24-11-7-8-14-28(24)39/h7-9,11-14,21-23,31-32,45H,5-6,10,15-20H2,1-4H3,(H,43,53)(H,46,52)(H,47,55)(H,48,54)/t22-,23?,31?,32-,37+/m0/s1. The van der Waals surface area contributed by atoms with Crippen molar-refractivity contribution in [2.24, 2.45) is 11.8 Å². The fraction of sp³-hybridized carbons (Fsp3) is 0.500. The molecule has 2 aromatic heterocycles. The molecule has 0 bridgehead atoms. The molecule has 4 amide bonds. The number of fused-ring (bicyclic) bond motifs is 3. The highest BCUT2D eigenvalue weighted by Gasteiger charge is 2.47. The molecule has 2 aromatic carbocycles. The summed E-state index contributed by atoms with van der Waals surface area (Å²) in [7, 11) is 0. The Balaban J connectivity index is 1.45. The minimum atomic E-state index is -4.65. The van der Waals surface area contributed by atoms with Crippen molar-refractivity contribution >= 4 is 34.5 Å². The SMILES string of the molecule is CCC(C)[C@H](NC(=O)Cc1ccccc1F)C(=O)N[C@]1(C(=O)NC(C(=O)NCCCn2cnnn2)[C@@H](C)CC)CCc2[nH]c3c(C(F)(F)F)cccc3c2C1. The smallest absolute Gasteiger partial charge is 0.358 e. The van der Waals surface area contributed by atoms with Gasteiger partial charge < -0.3 is 26.3 Å². The molecule has 5 atom stereocenters. The first-order chi connectivity index (χ1) is 26.2. The van der Waals surface area contributed by atoms with E-state index in [0.29, 0.717) is 37.1 Å². The number of aryl methyl sites for hydroxylation is 2. The normalized spacial score (nSPS) is 17.7. The minimum Gasteiger partial charge on any atom is -0.358 e. The van der Waals surface area contributed by atoms with E-state index >= 15 is 0 Å². The molecule has 296 valence electrons. The number of alkyl halides is 3. The van der Waals surface area contributed by atoms with Gasteiger partial charge in [0.1, 0.15) is 29.8 Å². The summed E-state index contributed by atoms with van der Waals surface area (Å²) in [5.74, 6) is -3.80. The lowest BCUT2D eigenvalue weighted by Crippen LogP contribution is -2.67. The maximum absolute atomic E-state index is 14.7. The van der Waals surface area contributed by atoms with Crippen molar-refractivity contribution < 1.29 is 36.7 Å². The number of halogens is 4. The number of amides is 4. The molecule has 13 nitrogen and oxygen atoms in total. The van der Waals surface area contributed by atoms with Crippen molar-refractivity contribution in [3.05, 3.63) is 77.0 Å². The van der Waals surface area contributed by atoms with Gasteiger partial charge in [-0.15, -0.1) is 5.10 Å². The Morgan fingerprint density at radius 2 is 1.67 bits per heavy atom. The number of nitrogens with one attached hydrogen (secondary N) is 5. The molecule has 1 aliphatic carbocycles. The topological polar surface area (TPSA) is 176 Å². The lowest BCUT2D eigenvalue weighted by molar-refractivity contribution is -0.139. The zero-order chi connectivity index (χ0) is 39.9. The van der Waals surface area contributed by atoms with Crippen LogP contribution in [0.25, 0.3) is 10.9 Å². The van der Waals surface area contributed by atoms with Gasteiger partial charge in [-0.3, -0.25) is 19.2 Å². The van der Waals surface area contributed by atoms with Crippen LogP contribution in [0.2, 0.25) is 0 Å². The fourth-order valence-electron chi connectivity index (χ4n) is 6.95. The monoisotopic (exact) mass is 769 g/mol. The minimum absolute atomic E-state index is 0.0249. The van der Waals surface area contributed by atoms with Gasteiger partial charge in [-0.25, -0.2) is 9.07 Å². The summed E-state index contributed by atoms with van der Waals surface area (Å²) < 4.78 is 58.1. The summed E-state index contributed by atoms with van der Waals surface area (Å²) in [5, 5.41) is 22.6. The number of carbonyl (C=O) groups excluding carboxylic acids is 4. The van der Waals surface area contributed by atoms with Crippen LogP contribution in [0.4, 0.5) is 17.6 Å². The lowest BCUT2D eigenvalue weighted by atomic mass is 9.78. The summed E-state index contributed by atoms with van der Waals surface area (Å²) in [4.78, 5) is 58.7. The Labute approximate surface area is 315 Å². The van der Waals surface area contributed by atoms with Crippen LogP contribution in [-0.4, -0.2) is 73.0 Å². The third kappa shape index (κ3) is 9.49. The summed E-state index contributed by atoms with van der Waals surface area (Å²) in [5.41, 5.74) is -1.65. The predicted molar refractivity (Wildman–Crippen MR) is 195 cm³/mol. The lowest BCUT2D eigenvalue weighted by Gasteiger charge is -2.39. The van der Waals surface area contributed by atoms with E-state index in [1.807, 2.05) is 13.8 Å². The van der Waals surface area contributed by atoms with E-state index in [-0.39, 0.29) is 54.6 Å².